The number of aryl methyl sites for hydroxylation is 1. The van der Waals surface area contributed by atoms with E-state index in [9.17, 15) is 4.39 Å². The van der Waals surface area contributed by atoms with E-state index in [0.717, 1.165) is 17.2 Å². The quantitative estimate of drug-likeness (QED) is 0.560. The van der Waals surface area contributed by atoms with E-state index >= 15 is 0 Å². The molecule has 0 bridgehead atoms. The third-order valence-corrected chi connectivity index (χ3v) is 5.92. The van der Waals surface area contributed by atoms with Gasteiger partial charge in [-0.25, -0.2) is 9.38 Å². The average molecular weight is 395 g/mol. The number of benzene rings is 2. The van der Waals surface area contributed by atoms with E-state index in [2.05, 4.69) is 31.2 Å². The highest BCUT2D eigenvalue weighted by Gasteiger charge is 2.22. The zero-order valence-electron chi connectivity index (χ0n) is 15.8. The molecule has 0 amide bonds. The number of halogens is 1. The standard InChI is InChI=1S/C23H23FN2OS/c1-17-8-10-18(11-9-17)15-28-16-20-14-27-23(25-20)22-7-4-12-26(22)13-19-5-2-3-6-21(19)24/h2-12,20H,13-16H2,1H3/t20-/m1/s1. The number of hydrogen-bond donors (Lipinski definition) is 0. The van der Waals surface area contributed by atoms with Crippen molar-refractivity contribution in [3.63, 3.8) is 0 Å². The van der Waals surface area contributed by atoms with Crippen molar-refractivity contribution in [2.45, 2.75) is 25.3 Å². The maximum Gasteiger partial charge on any atom is 0.233 e. The summed E-state index contributed by atoms with van der Waals surface area (Å²) in [4.78, 5) is 4.76. The molecule has 0 spiro atoms. The molecule has 28 heavy (non-hydrogen) atoms. The third-order valence-electron chi connectivity index (χ3n) is 4.76. The molecule has 1 atom stereocenters. The molecule has 0 unspecified atom stereocenters. The first-order valence-electron chi connectivity index (χ1n) is 9.42. The molecule has 1 aliphatic heterocycles. The van der Waals surface area contributed by atoms with Gasteiger partial charge in [-0.05, 0) is 30.7 Å². The van der Waals surface area contributed by atoms with Gasteiger partial charge in [0.05, 0.1) is 12.6 Å². The molecule has 3 aromatic rings. The number of hydrogen-bond acceptors (Lipinski definition) is 3. The maximum absolute atomic E-state index is 14.0. The van der Waals surface area contributed by atoms with E-state index in [-0.39, 0.29) is 11.9 Å². The summed E-state index contributed by atoms with van der Waals surface area (Å²) in [5, 5.41) is 0. The van der Waals surface area contributed by atoms with Crippen molar-refractivity contribution in [1.29, 1.82) is 0 Å². The van der Waals surface area contributed by atoms with Crippen LogP contribution >= 0.6 is 11.8 Å². The van der Waals surface area contributed by atoms with Crippen LogP contribution in [-0.4, -0.2) is 28.9 Å². The van der Waals surface area contributed by atoms with E-state index in [1.807, 2.05) is 40.7 Å². The van der Waals surface area contributed by atoms with Gasteiger partial charge in [-0.15, -0.1) is 0 Å². The fourth-order valence-corrected chi connectivity index (χ4v) is 4.18. The molecule has 1 aliphatic rings. The monoisotopic (exact) mass is 394 g/mol. The fourth-order valence-electron chi connectivity index (χ4n) is 3.19. The van der Waals surface area contributed by atoms with Gasteiger partial charge in [0.25, 0.3) is 0 Å². The van der Waals surface area contributed by atoms with Crippen LogP contribution in [-0.2, 0) is 17.0 Å². The summed E-state index contributed by atoms with van der Waals surface area (Å²) in [6.45, 7) is 3.16. The van der Waals surface area contributed by atoms with Crippen molar-refractivity contribution in [3.8, 4) is 0 Å². The summed E-state index contributed by atoms with van der Waals surface area (Å²) in [6.07, 6.45) is 1.94. The Hall–Kier alpha value is -2.53. The highest BCUT2D eigenvalue weighted by molar-refractivity contribution is 7.98. The first-order valence-corrected chi connectivity index (χ1v) is 10.6. The van der Waals surface area contributed by atoms with Crippen molar-refractivity contribution in [2.75, 3.05) is 12.4 Å². The molecule has 2 heterocycles. The van der Waals surface area contributed by atoms with Gasteiger partial charge in [-0.2, -0.15) is 11.8 Å². The Bertz CT molecular complexity index is 965. The number of ether oxygens (including phenoxy) is 1. The maximum atomic E-state index is 14.0. The van der Waals surface area contributed by atoms with E-state index in [4.69, 9.17) is 9.73 Å². The summed E-state index contributed by atoms with van der Waals surface area (Å²) < 4.78 is 21.8. The molecule has 0 aliphatic carbocycles. The minimum Gasteiger partial charge on any atom is -0.474 e. The highest BCUT2D eigenvalue weighted by atomic mass is 32.2. The first-order chi connectivity index (χ1) is 13.7. The van der Waals surface area contributed by atoms with Crippen molar-refractivity contribution >= 4 is 17.7 Å². The van der Waals surface area contributed by atoms with Gasteiger partial charge in [-0.1, -0.05) is 48.0 Å². The number of aliphatic imine (C=N–C) groups is 1. The molecule has 144 valence electrons. The predicted molar refractivity (Wildman–Crippen MR) is 114 cm³/mol. The van der Waals surface area contributed by atoms with Gasteiger partial charge in [0.1, 0.15) is 18.1 Å². The Kier molecular flexibility index (Phi) is 5.81. The van der Waals surface area contributed by atoms with Gasteiger partial charge < -0.3 is 9.30 Å². The number of thioether (sulfide) groups is 1. The second-order valence-electron chi connectivity index (χ2n) is 7.01. The molecule has 0 radical (unpaired) electrons. The summed E-state index contributed by atoms with van der Waals surface area (Å²) in [5.74, 6) is 2.36. The van der Waals surface area contributed by atoms with Crippen LogP contribution in [0, 0.1) is 12.7 Å². The van der Waals surface area contributed by atoms with E-state index in [0.29, 0.717) is 24.6 Å². The number of rotatable bonds is 7. The molecule has 4 rings (SSSR count). The highest BCUT2D eigenvalue weighted by Crippen LogP contribution is 2.20. The lowest BCUT2D eigenvalue weighted by atomic mass is 10.2. The topological polar surface area (TPSA) is 26.5 Å². The summed E-state index contributed by atoms with van der Waals surface area (Å²) >= 11 is 1.87. The van der Waals surface area contributed by atoms with E-state index < -0.39 is 0 Å². The van der Waals surface area contributed by atoms with Gasteiger partial charge in [-0.3, -0.25) is 0 Å². The lowest BCUT2D eigenvalue weighted by molar-refractivity contribution is 0.323. The smallest absolute Gasteiger partial charge is 0.233 e. The minimum atomic E-state index is -0.193. The Morgan fingerprint density at radius 2 is 1.93 bits per heavy atom. The molecule has 2 aromatic carbocycles. The largest absolute Gasteiger partial charge is 0.474 e. The van der Waals surface area contributed by atoms with Crippen molar-refractivity contribution < 1.29 is 9.13 Å². The Morgan fingerprint density at radius 1 is 1.11 bits per heavy atom. The van der Waals surface area contributed by atoms with Crippen molar-refractivity contribution in [3.05, 3.63) is 95.1 Å². The second kappa shape index (κ2) is 8.65. The molecule has 0 fully saturated rings. The molecule has 0 saturated carbocycles. The fraction of sp³-hybridized carbons (Fsp3) is 0.261. The normalized spacial score (nSPS) is 16.1. The summed E-state index contributed by atoms with van der Waals surface area (Å²) in [5.41, 5.74) is 4.17. The molecule has 1 aromatic heterocycles. The van der Waals surface area contributed by atoms with E-state index in [1.54, 1.807) is 12.1 Å². The molecular formula is C23H23FN2OS. The Labute approximate surface area is 169 Å². The zero-order valence-corrected chi connectivity index (χ0v) is 16.7. The van der Waals surface area contributed by atoms with E-state index in [1.165, 1.54) is 17.2 Å². The molecule has 5 heteroatoms. The average Bonchev–Trinajstić information content (AvgIpc) is 3.34. The Balaban J connectivity index is 1.37. The van der Waals surface area contributed by atoms with Gasteiger partial charge in [0.2, 0.25) is 5.90 Å². The van der Waals surface area contributed by atoms with Crippen molar-refractivity contribution in [1.82, 2.24) is 4.57 Å². The van der Waals surface area contributed by atoms with Crippen LogP contribution in [0.5, 0.6) is 0 Å². The Morgan fingerprint density at radius 3 is 2.75 bits per heavy atom. The lowest BCUT2D eigenvalue weighted by Gasteiger charge is -2.09. The van der Waals surface area contributed by atoms with Gasteiger partial charge in [0.15, 0.2) is 0 Å². The van der Waals surface area contributed by atoms with Crippen LogP contribution in [0.1, 0.15) is 22.4 Å². The lowest BCUT2D eigenvalue weighted by Crippen LogP contribution is -2.11. The zero-order chi connectivity index (χ0) is 19.3. The van der Waals surface area contributed by atoms with Gasteiger partial charge >= 0.3 is 0 Å². The van der Waals surface area contributed by atoms with Crippen LogP contribution in [0.4, 0.5) is 4.39 Å². The molecule has 0 saturated heterocycles. The molecular weight excluding hydrogens is 371 g/mol. The molecule has 3 nitrogen and oxygen atoms in total. The van der Waals surface area contributed by atoms with Crippen molar-refractivity contribution in [2.24, 2.45) is 4.99 Å². The molecule has 0 N–H and O–H groups in total. The summed E-state index contributed by atoms with van der Waals surface area (Å²) in [6, 6.07) is 19.6. The third kappa shape index (κ3) is 4.47. The van der Waals surface area contributed by atoms with Gasteiger partial charge in [0, 0.05) is 23.3 Å². The second-order valence-corrected chi connectivity index (χ2v) is 8.04. The van der Waals surface area contributed by atoms with Crippen LogP contribution in [0.3, 0.4) is 0 Å². The number of aromatic nitrogens is 1. The minimum absolute atomic E-state index is 0.155. The SMILES string of the molecule is Cc1ccc(CSC[C@H]2COC(c3cccn3Cc3ccccc3F)=N2)cc1. The van der Waals surface area contributed by atoms with Crippen LogP contribution in [0.15, 0.2) is 71.9 Å². The number of nitrogens with zero attached hydrogens (tertiary/aromatic N) is 2. The van der Waals surface area contributed by atoms with Crippen LogP contribution in [0.25, 0.3) is 0 Å². The predicted octanol–water partition coefficient (Wildman–Crippen LogP) is 5.06. The van der Waals surface area contributed by atoms with Crippen LogP contribution < -0.4 is 0 Å². The summed E-state index contributed by atoms with van der Waals surface area (Å²) in [7, 11) is 0. The first kappa shape index (κ1) is 18.8. The van der Waals surface area contributed by atoms with Crippen LogP contribution in [0.2, 0.25) is 0 Å².